The lowest BCUT2D eigenvalue weighted by molar-refractivity contribution is 0.321. The molecule has 2 N–H and O–H groups in total. The molecule has 0 aliphatic rings. The molecule has 72 valence electrons. The summed E-state index contributed by atoms with van der Waals surface area (Å²) in [6.45, 7) is 2.51. The monoisotopic (exact) mass is 181 g/mol. The van der Waals surface area contributed by atoms with E-state index in [0.29, 0.717) is 13.0 Å². The first-order valence-corrected chi connectivity index (χ1v) is 4.71. The van der Waals surface area contributed by atoms with Gasteiger partial charge in [0.25, 0.3) is 0 Å². The molecule has 0 aliphatic carbocycles. The van der Waals surface area contributed by atoms with E-state index in [1.807, 2.05) is 31.2 Å². The van der Waals surface area contributed by atoms with Gasteiger partial charge in [-0.2, -0.15) is 0 Å². The first kappa shape index (κ1) is 10.2. The van der Waals surface area contributed by atoms with Crippen molar-refractivity contribution in [2.45, 2.75) is 32.5 Å². The van der Waals surface area contributed by atoms with E-state index in [4.69, 9.17) is 5.73 Å². The summed E-state index contributed by atoms with van der Waals surface area (Å²) in [5, 5.41) is 0. The minimum absolute atomic E-state index is 0.519. The van der Waals surface area contributed by atoms with Crippen LogP contribution in [0.2, 0.25) is 0 Å². The third-order valence-corrected chi connectivity index (χ3v) is 2.12. The van der Waals surface area contributed by atoms with Crippen molar-refractivity contribution in [1.82, 2.24) is 0 Å². The van der Waals surface area contributed by atoms with Crippen molar-refractivity contribution >= 4 is 0 Å². The fourth-order valence-electron chi connectivity index (χ4n) is 1.28. The summed E-state index contributed by atoms with van der Waals surface area (Å²) in [6.07, 6.45) is 0.652. The average Bonchev–Trinajstić information content (AvgIpc) is 2.18. The Morgan fingerprint density at radius 3 is 2.38 bits per heavy atom. The van der Waals surface area contributed by atoms with E-state index < -0.39 is 6.17 Å². The first-order valence-electron chi connectivity index (χ1n) is 4.71. The number of hydrogen-bond acceptors (Lipinski definition) is 1. The maximum Gasteiger partial charge on any atom is 0.125 e. The van der Waals surface area contributed by atoms with E-state index >= 15 is 0 Å². The van der Waals surface area contributed by atoms with Crippen LogP contribution in [-0.4, -0.2) is 0 Å². The zero-order valence-electron chi connectivity index (χ0n) is 7.96. The standard InChI is InChI=1S/C11H16FN/c1-2-3-11(12)10-6-4-9(8-13)5-7-10/h4-7,11H,2-3,8,13H2,1H3. The molecule has 1 unspecified atom stereocenters. The number of hydrogen-bond donors (Lipinski definition) is 1. The van der Waals surface area contributed by atoms with Crippen LogP contribution < -0.4 is 5.73 Å². The van der Waals surface area contributed by atoms with Gasteiger partial charge in [0, 0.05) is 6.54 Å². The summed E-state index contributed by atoms with van der Waals surface area (Å²) in [7, 11) is 0. The fourth-order valence-corrected chi connectivity index (χ4v) is 1.28. The van der Waals surface area contributed by atoms with Gasteiger partial charge >= 0.3 is 0 Å². The number of benzene rings is 1. The van der Waals surface area contributed by atoms with Crippen molar-refractivity contribution in [3.63, 3.8) is 0 Å². The second-order valence-corrected chi connectivity index (χ2v) is 3.20. The highest BCUT2D eigenvalue weighted by Gasteiger charge is 2.07. The summed E-state index contributed by atoms with van der Waals surface area (Å²) < 4.78 is 13.3. The molecule has 13 heavy (non-hydrogen) atoms. The zero-order chi connectivity index (χ0) is 9.68. The summed E-state index contributed by atoms with van der Waals surface area (Å²) in [5.41, 5.74) is 7.25. The van der Waals surface area contributed by atoms with E-state index in [1.165, 1.54) is 0 Å². The van der Waals surface area contributed by atoms with Gasteiger partial charge in [0.2, 0.25) is 0 Å². The molecule has 1 aromatic rings. The Hall–Kier alpha value is -0.890. The molecule has 0 bridgehead atoms. The van der Waals surface area contributed by atoms with Gasteiger partial charge < -0.3 is 5.73 Å². The van der Waals surface area contributed by atoms with Gasteiger partial charge in [0.05, 0.1) is 0 Å². The number of rotatable bonds is 4. The van der Waals surface area contributed by atoms with Gasteiger partial charge in [-0.3, -0.25) is 0 Å². The number of halogens is 1. The van der Waals surface area contributed by atoms with Gasteiger partial charge in [-0.1, -0.05) is 37.6 Å². The minimum Gasteiger partial charge on any atom is -0.326 e. The van der Waals surface area contributed by atoms with Gasteiger partial charge in [-0.25, -0.2) is 4.39 Å². The Balaban J connectivity index is 2.67. The fraction of sp³-hybridized carbons (Fsp3) is 0.455. The van der Waals surface area contributed by atoms with Crippen LogP contribution in [0.3, 0.4) is 0 Å². The molecular formula is C11H16FN. The second-order valence-electron chi connectivity index (χ2n) is 3.20. The lowest BCUT2D eigenvalue weighted by Gasteiger charge is -2.07. The summed E-state index contributed by atoms with van der Waals surface area (Å²) in [5.74, 6) is 0. The van der Waals surface area contributed by atoms with Crippen LogP contribution in [0, 0.1) is 0 Å². The lowest BCUT2D eigenvalue weighted by Crippen LogP contribution is -1.97. The maximum atomic E-state index is 13.3. The van der Waals surface area contributed by atoms with Crippen LogP contribution in [0.4, 0.5) is 4.39 Å². The molecule has 1 aromatic carbocycles. The highest BCUT2D eigenvalue weighted by Crippen LogP contribution is 2.22. The first-order chi connectivity index (χ1) is 6.27. The quantitative estimate of drug-likeness (QED) is 0.759. The Bertz CT molecular complexity index is 243. The largest absolute Gasteiger partial charge is 0.326 e. The average molecular weight is 181 g/mol. The maximum absolute atomic E-state index is 13.3. The van der Waals surface area contributed by atoms with Crippen molar-refractivity contribution < 1.29 is 4.39 Å². The predicted octanol–water partition coefficient (Wildman–Crippen LogP) is 2.96. The second kappa shape index (κ2) is 4.97. The topological polar surface area (TPSA) is 26.0 Å². The Morgan fingerprint density at radius 2 is 1.92 bits per heavy atom. The molecule has 0 radical (unpaired) electrons. The van der Waals surface area contributed by atoms with Gasteiger partial charge in [0.15, 0.2) is 0 Å². The van der Waals surface area contributed by atoms with Crippen LogP contribution in [0.25, 0.3) is 0 Å². The molecule has 0 heterocycles. The Morgan fingerprint density at radius 1 is 1.31 bits per heavy atom. The van der Waals surface area contributed by atoms with Crippen LogP contribution in [0.1, 0.15) is 37.1 Å². The normalized spacial score (nSPS) is 12.8. The summed E-state index contributed by atoms with van der Waals surface area (Å²) in [4.78, 5) is 0. The van der Waals surface area contributed by atoms with E-state index in [0.717, 1.165) is 17.5 Å². The van der Waals surface area contributed by atoms with Crippen molar-refractivity contribution in [2.24, 2.45) is 5.73 Å². The number of alkyl halides is 1. The van der Waals surface area contributed by atoms with Crippen molar-refractivity contribution in [1.29, 1.82) is 0 Å². The van der Waals surface area contributed by atoms with Crippen molar-refractivity contribution in [3.8, 4) is 0 Å². The highest BCUT2D eigenvalue weighted by atomic mass is 19.1. The smallest absolute Gasteiger partial charge is 0.125 e. The Kier molecular flexibility index (Phi) is 3.90. The molecular weight excluding hydrogens is 165 g/mol. The molecule has 2 heteroatoms. The van der Waals surface area contributed by atoms with E-state index in [-0.39, 0.29) is 0 Å². The van der Waals surface area contributed by atoms with E-state index in [2.05, 4.69) is 0 Å². The molecule has 0 saturated carbocycles. The summed E-state index contributed by atoms with van der Waals surface area (Å²) in [6, 6.07) is 7.42. The molecule has 0 spiro atoms. The molecule has 0 saturated heterocycles. The predicted molar refractivity (Wildman–Crippen MR) is 53.1 cm³/mol. The lowest BCUT2D eigenvalue weighted by atomic mass is 10.0. The molecule has 1 rings (SSSR count). The van der Waals surface area contributed by atoms with Gasteiger partial charge in [0.1, 0.15) is 6.17 Å². The molecule has 0 aliphatic heterocycles. The highest BCUT2D eigenvalue weighted by molar-refractivity contribution is 5.23. The molecule has 0 fully saturated rings. The van der Waals surface area contributed by atoms with Crippen LogP contribution in [0.15, 0.2) is 24.3 Å². The van der Waals surface area contributed by atoms with Crippen LogP contribution >= 0.6 is 0 Å². The van der Waals surface area contributed by atoms with E-state index in [1.54, 1.807) is 0 Å². The molecule has 0 aromatic heterocycles. The molecule has 0 amide bonds. The minimum atomic E-state index is -0.822. The number of nitrogens with two attached hydrogens (primary N) is 1. The zero-order valence-corrected chi connectivity index (χ0v) is 7.96. The van der Waals surface area contributed by atoms with Crippen LogP contribution in [0.5, 0.6) is 0 Å². The van der Waals surface area contributed by atoms with Gasteiger partial charge in [-0.05, 0) is 17.5 Å². The van der Waals surface area contributed by atoms with Crippen LogP contribution in [-0.2, 0) is 6.54 Å². The van der Waals surface area contributed by atoms with Gasteiger partial charge in [-0.15, -0.1) is 0 Å². The third-order valence-electron chi connectivity index (χ3n) is 2.12. The molecule has 1 nitrogen and oxygen atoms in total. The molecule has 1 atom stereocenters. The summed E-state index contributed by atoms with van der Waals surface area (Å²) >= 11 is 0. The third kappa shape index (κ3) is 2.81. The van der Waals surface area contributed by atoms with Crippen molar-refractivity contribution in [2.75, 3.05) is 0 Å². The SMILES string of the molecule is CCCC(F)c1ccc(CN)cc1. The van der Waals surface area contributed by atoms with E-state index in [9.17, 15) is 4.39 Å². The Labute approximate surface area is 78.8 Å². The van der Waals surface area contributed by atoms with Crippen molar-refractivity contribution in [3.05, 3.63) is 35.4 Å².